The molecule has 4 rings (SSSR count). The molecule has 0 bridgehead atoms. The number of fused-ring (bicyclic) bond motifs is 1. The maximum absolute atomic E-state index is 13.0. The molecule has 192 valence electrons. The molecule has 2 saturated heterocycles. The van der Waals surface area contributed by atoms with E-state index >= 15 is 0 Å². The van der Waals surface area contributed by atoms with E-state index < -0.39 is 17.6 Å². The number of hydrogen-bond acceptors (Lipinski definition) is 6. The summed E-state index contributed by atoms with van der Waals surface area (Å²) in [6.07, 6.45) is 2.37. The van der Waals surface area contributed by atoms with E-state index in [4.69, 9.17) is 4.74 Å². The SMILES string of the molecule is CC.Cn1c(=O)n(C2CCC(=O)NC2=O)c2ccc(C3CCN(CC(=O)OC(C)(C)C)CC3)cc21. The van der Waals surface area contributed by atoms with Crippen LogP contribution in [0.1, 0.15) is 77.8 Å². The summed E-state index contributed by atoms with van der Waals surface area (Å²) in [5.41, 5.74) is 1.88. The summed E-state index contributed by atoms with van der Waals surface area (Å²) in [5.74, 6) is -0.599. The molecule has 0 radical (unpaired) electrons. The van der Waals surface area contributed by atoms with Gasteiger partial charge in [0, 0.05) is 13.5 Å². The lowest BCUT2D eigenvalue weighted by Gasteiger charge is -2.32. The maximum atomic E-state index is 13.0. The van der Waals surface area contributed by atoms with Gasteiger partial charge >= 0.3 is 11.7 Å². The molecule has 2 amide bonds. The van der Waals surface area contributed by atoms with Crippen molar-refractivity contribution in [3.8, 4) is 0 Å². The minimum atomic E-state index is -0.680. The Bertz CT molecular complexity index is 1150. The highest BCUT2D eigenvalue weighted by atomic mass is 16.6. The maximum Gasteiger partial charge on any atom is 0.329 e. The fourth-order valence-corrected chi connectivity index (χ4v) is 4.84. The van der Waals surface area contributed by atoms with E-state index in [1.54, 1.807) is 11.6 Å². The molecule has 1 unspecified atom stereocenters. The van der Waals surface area contributed by atoms with Gasteiger partial charge in [-0.05, 0) is 76.7 Å². The molecule has 0 aliphatic carbocycles. The van der Waals surface area contributed by atoms with Crippen LogP contribution in [0.15, 0.2) is 23.0 Å². The fraction of sp³-hybridized carbons (Fsp3) is 0.615. The number of piperidine rings is 2. The average Bonchev–Trinajstić information content (AvgIpc) is 3.04. The molecule has 9 nitrogen and oxygen atoms in total. The van der Waals surface area contributed by atoms with Crippen LogP contribution in [0.3, 0.4) is 0 Å². The lowest BCUT2D eigenvalue weighted by Crippen LogP contribution is -2.44. The molecule has 35 heavy (non-hydrogen) atoms. The van der Waals surface area contributed by atoms with Gasteiger partial charge in [-0.25, -0.2) is 4.79 Å². The minimum absolute atomic E-state index is 0.202. The topological polar surface area (TPSA) is 103 Å². The molecule has 0 saturated carbocycles. The van der Waals surface area contributed by atoms with Crippen LogP contribution in [0.4, 0.5) is 0 Å². The first-order valence-electron chi connectivity index (χ1n) is 12.5. The van der Waals surface area contributed by atoms with Gasteiger partial charge in [-0.1, -0.05) is 19.9 Å². The third kappa shape index (κ3) is 6.01. The third-order valence-corrected chi connectivity index (χ3v) is 6.47. The Morgan fingerprint density at radius 2 is 1.71 bits per heavy atom. The quantitative estimate of drug-likeness (QED) is 0.527. The van der Waals surface area contributed by atoms with Crippen LogP contribution in [0.5, 0.6) is 0 Å². The van der Waals surface area contributed by atoms with Gasteiger partial charge in [-0.2, -0.15) is 0 Å². The van der Waals surface area contributed by atoms with Crippen molar-refractivity contribution in [3.63, 3.8) is 0 Å². The molecular weight excluding hydrogens is 448 g/mol. The number of imidazole rings is 1. The summed E-state index contributed by atoms with van der Waals surface area (Å²) in [4.78, 5) is 51.1. The van der Waals surface area contributed by atoms with E-state index in [2.05, 4.69) is 10.2 Å². The molecular formula is C26H38N4O5. The lowest BCUT2D eigenvalue weighted by molar-refractivity contribution is -0.156. The molecule has 2 aliphatic rings. The monoisotopic (exact) mass is 486 g/mol. The van der Waals surface area contributed by atoms with Gasteiger partial charge < -0.3 is 4.74 Å². The van der Waals surface area contributed by atoms with Crippen LogP contribution in [-0.4, -0.2) is 57.1 Å². The van der Waals surface area contributed by atoms with E-state index in [0.717, 1.165) is 37.0 Å². The van der Waals surface area contributed by atoms with E-state index in [0.29, 0.717) is 24.4 Å². The predicted molar refractivity (Wildman–Crippen MR) is 134 cm³/mol. The number of aromatic nitrogens is 2. The molecule has 1 aromatic heterocycles. The zero-order chi connectivity index (χ0) is 25.9. The lowest BCUT2D eigenvalue weighted by atomic mass is 9.89. The molecule has 2 aliphatic heterocycles. The number of nitrogens with zero attached hydrogens (tertiary/aromatic N) is 3. The molecule has 2 aromatic rings. The first-order chi connectivity index (χ1) is 16.5. The van der Waals surface area contributed by atoms with Crippen LogP contribution in [0.2, 0.25) is 0 Å². The number of benzene rings is 1. The van der Waals surface area contributed by atoms with Crippen molar-refractivity contribution in [1.29, 1.82) is 0 Å². The Kier molecular flexibility index (Phi) is 8.20. The second-order valence-electron chi connectivity index (χ2n) is 10.1. The first kappa shape index (κ1) is 26.7. The molecule has 3 heterocycles. The van der Waals surface area contributed by atoms with Crippen molar-refractivity contribution in [2.75, 3.05) is 19.6 Å². The Balaban J connectivity index is 0.00000167. The van der Waals surface area contributed by atoms with Crippen LogP contribution < -0.4 is 11.0 Å². The summed E-state index contributed by atoms with van der Waals surface area (Å²) < 4.78 is 8.50. The van der Waals surface area contributed by atoms with Gasteiger partial charge in [0.05, 0.1) is 17.6 Å². The molecule has 9 heteroatoms. The van der Waals surface area contributed by atoms with Crippen LogP contribution >= 0.6 is 0 Å². The van der Waals surface area contributed by atoms with Crippen molar-refractivity contribution in [3.05, 3.63) is 34.2 Å². The van der Waals surface area contributed by atoms with Crippen molar-refractivity contribution < 1.29 is 19.1 Å². The normalized spacial score (nSPS) is 19.8. The van der Waals surface area contributed by atoms with Crippen molar-refractivity contribution in [2.24, 2.45) is 7.05 Å². The van der Waals surface area contributed by atoms with E-state index in [1.807, 2.05) is 52.8 Å². The third-order valence-electron chi connectivity index (χ3n) is 6.47. The number of hydrogen-bond donors (Lipinski definition) is 1. The van der Waals surface area contributed by atoms with Crippen molar-refractivity contribution >= 4 is 28.8 Å². The Morgan fingerprint density at radius 1 is 1.06 bits per heavy atom. The zero-order valence-corrected chi connectivity index (χ0v) is 21.7. The van der Waals surface area contributed by atoms with E-state index in [-0.39, 0.29) is 24.0 Å². The van der Waals surface area contributed by atoms with Gasteiger partial charge in [-0.3, -0.25) is 33.7 Å². The average molecular weight is 487 g/mol. The minimum Gasteiger partial charge on any atom is -0.459 e. The van der Waals surface area contributed by atoms with E-state index in [1.165, 1.54) is 4.57 Å². The number of ether oxygens (including phenoxy) is 1. The Labute approximate surface area is 206 Å². The number of aryl methyl sites for hydroxylation is 1. The molecule has 1 N–H and O–H groups in total. The zero-order valence-electron chi connectivity index (χ0n) is 21.7. The second-order valence-corrected chi connectivity index (χ2v) is 10.1. The van der Waals surface area contributed by atoms with Gasteiger partial charge in [0.25, 0.3) is 0 Å². The number of rotatable bonds is 4. The summed E-state index contributed by atoms with van der Waals surface area (Å²) >= 11 is 0. The second kappa shape index (κ2) is 10.8. The summed E-state index contributed by atoms with van der Waals surface area (Å²) in [6.45, 7) is 11.5. The van der Waals surface area contributed by atoms with Crippen molar-refractivity contribution in [1.82, 2.24) is 19.4 Å². The highest BCUT2D eigenvalue weighted by Crippen LogP contribution is 2.31. The summed E-state index contributed by atoms with van der Waals surface area (Å²) in [6, 6.07) is 5.29. The number of likely N-dealkylation sites (tertiary alicyclic amines) is 1. The Morgan fingerprint density at radius 3 is 2.31 bits per heavy atom. The largest absolute Gasteiger partial charge is 0.459 e. The van der Waals surface area contributed by atoms with Crippen molar-refractivity contribution in [2.45, 2.75) is 77.9 Å². The predicted octanol–water partition coefficient (Wildman–Crippen LogP) is 2.87. The van der Waals surface area contributed by atoms with Crippen LogP contribution in [0, 0.1) is 0 Å². The van der Waals surface area contributed by atoms with Gasteiger partial charge in [0.2, 0.25) is 11.8 Å². The van der Waals surface area contributed by atoms with Gasteiger partial charge in [-0.15, -0.1) is 0 Å². The molecule has 1 atom stereocenters. The number of carbonyl (C=O) groups excluding carboxylic acids is 3. The van der Waals surface area contributed by atoms with Crippen LogP contribution in [0.25, 0.3) is 11.0 Å². The molecule has 2 fully saturated rings. The molecule has 0 spiro atoms. The van der Waals surface area contributed by atoms with Gasteiger partial charge in [0.15, 0.2) is 0 Å². The Hall–Kier alpha value is -2.94. The number of carbonyl (C=O) groups is 3. The van der Waals surface area contributed by atoms with Crippen LogP contribution in [-0.2, 0) is 26.2 Å². The number of nitrogens with one attached hydrogen (secondary N) is 1. The highest BCUT2D eigenvalue weighted by Gasteiger charge is 2.31. The standard InChI is InChI=1S/C24H32N4O5.C2H6/c1-24(2,3)33-21(30)14-27-11-9-15(10-12-27)16-5-6-17-19(13-16)26(4)23(32)28(17)18-7-8-20(29)25-22(18)31;1-2/h5-6,13,15,18H,7-12,14H2,1-4H3,(H,25,29,31);1-2H3. The highest BCUT2D eigenvalue weighted by molar-refractivity contribution is 6.00. The fourth-order valence-electron chi connectivity index (χ4n) is 4.84. The summed E-state index contributed by atoms with van der Waals surface area (Å²) in [7, 11) is 1.71. The number of esters is 1. The number of imide groups is 1. The first-order valence-corrected chi connectivity index (χ1v) is 12.5. The smallest absolute Gasteiger partial charge is 0.329 e. The number of amides is 2. The molecule has 1 aromatic carbocycles. The van der Waals surface area contributed by atoms with E-state index in [9.17, 15) is 19.2 Å². The summed E-state index contributed by atoms with van der Waals surface area (Å²) in [5, 5.41) is 2.34. The van der Waals surface area contributed by atoms with Gasteiger partial charge in [0.1, 0.15) is 11.6 Å².